The number of aromatic nitrogens is 1. The molecule has 156 valence electrons. The smallest absolute Gasteiger partial charge is 0.251 e. The predicted molar refractivity (Wildman–Crippen MR) is 130 cm³/mol. The molecule has 3 nitrogen and oxygen atoms in total. The molecule has 0 bridgehead atoms. The Bertz CT molecular complexity index is 1410. The molecule has 0 aliphatic heterocycles. The van der Waals surface area contributed by atoms with Crippen molar-refractivity contribution in [1.29, 1.82) is 0 Å². The zero-order chi connectivity index (χ0) is 21.8. The van der Waals surface area contributed by atoms with Crippen LogP contribution in [-0.2, 0) is 13.2 Å². The topological polar surface area (TPSA) is 31.2 Å². The molecule has 0 unspecified atom stereocenters. The van der Waals surface area contributed by atoms with Crippen LogP contribution < -0.4 is 10.3 Å². The number of fused-ring (bicyclic) bond motifs is 1. The Morgan fingerprint density at radius 2 is 1.34 bits per heavy atom. The summed E-state index contributed by atoms with van der Waals surface area (Å²) in [6.45, 7) is 1.06. The van der Waals surface area contributed by atoms with E-state index in [0.717, 1.165) is 38.9 Å². The van der Waals surface area contributed by atoms with Gasteiger partial charge in [0, 0.05) is 11.6 Å². The van der Waals surface area contributed by atoms with Crippen molar-refractivity contribution >= 4 is 10.9 Å². The summed E-state index contributed by atoms with van der Waals surface area (Å²) in [5.74, 6) is 0.841. The second kappa shape index (κ2) is 8.94. The predicted octanol–water partition coefficient (Wildman–Crippen LogP) is 6.30. The molecule has 5 rings (SSSR count). The van der Waals surface area contributed by atoms with Crippen molar-refractivity contribution in [2.75, 3.05) is 0 Å². The molecule has 0 amide bonds. The number of nitrogens with zero attached hydrogens (tertiary/aromatic N) is 1. The molecule has 0 radical (unpaired) electrons. The lowest BCUT2D eigenvalue weighted by atomic mass is 10.0. The first kappa shape index (κ1) is 19.8. The zero-order valence-corrected chi connectivity index (χ0v) is 17.6. The monoisotopic (exact) mass is 417 g/mol. The van der Waals surface area contributed by atoms with E-state index in [1.807, 2.05) is 83.4 Å². The first-order chi connectivity index (χ1) is 15.8. The molecule has 1 aromatic heterocycles. The third kappa shape index (κ3) is 4.19. The number of hydrogen-bond donors (Lipinski definition) is 0. The van der Waals surface area contributed by atoms with Gasteiger partial charge < -0.3 is 9.30 Å². The molecule has 3 heteroatoms. The van der Waals surface area contributed by atoms with E-state index >= 15 is 0 Å². The van der Waals surface area contributed by atoms with E-state index in [-0.39, 0.29) is 5.56 Å². The molecule has 0 atom stereocenters. The Morgan fingerprint density at radius 3 is 2.12 bits per heavy atom. The second-order valence-electron chi connectivity index (χ2n) is 7.79. The Hall–Kier alpha value is -4.11. The van der Waals surface area contributed by atoms with Gasteiger partial charge in [0.05, 0.1) is 12.1 Å². The summed E-state index contributed by atoms with van der Waals surface area (Å²) in [7, 11) is 0. The quantitative estimate of drug-likeness (QED) is 0.325. The van der Waals surface area contributed by atoms with E-state index < -0.39 is 0 Å². The molecule has 0 saturated carbocycles. The summed E-state index contributed by atoms with van der Waals surface area (Å²) in [4.78, 5) is 12.6. The van der Waals surface area contributed by atoms with Crippen LogP contribution in [0.25, 0.3) is 22.0 Å². The summed E-state index contributed by atoms with van der Waals surface area (Å²) in [6, 6.07) is 38.1. The van der Waals surface area contributed by atoms with Crippen molar-refractivity contribution in [1.82, 2.24) is 4.57 Å². The van der Waals surface area contributed by atoms with Crippen molar-refractivity contribution in [2.45, 2.75) is 13.2 Å². The molecule has 0 saturated heterocycles. The fourth-order valence-electron chi connectivity index (χ4n) is 3.97. The van der Waals surface area contributed by atoms with Gasteiger partial charge in [0.15, 0.2) is 0 Å². The minimum atomic E-state index is 0.000646. The molecule has 0 spiro atoms. The second-order valence-corrected chi connectivity index (χ2v) is 7.79. The summed E-state index contributed by atoms with van der Waals surface area (Å²) in [6.07, 6.45) is 0. The van der Waals surface area contributed by atoms with Crippen LogP contribution in [0.3, 0.4) is 0 Å². The molecule has 5 aromatic rings. The lowest BCUT2D eigenvalue weighted by Gasteiger charge is -2.14. The Kier molecular flexibility index (Phi) is 5.54. The minimum absolute atomic E-state index is 0.000646. The maximum absolute atomic E-state index is 12.6. The van der Waals surface area contributed by atoms with Gasteiger partial charge in [-0.15, -0.1) is 0 Å². The molecule has 0 aliphatic rings. The summed E-state index contributed by atoms with van der Waals surface area (Å²) < 4.78 is 7.98. The van der Waals surface area contributed by atoms with Gasteiger partial charge in [0.1, 0.15) is 12.4 Å². The maximum atomic E-state index is 12.6. The number of benzene rings is 4. The van der Waals surface area contributed by atoms with Gasteiger partial charge in [-0.1, -0.05) is 84.9 Å². The third-order valence-electron chi connectivity index (χ3n) is 5.61. The van der Waals surface area contributed by atoms with Gasteiger partial charge in [-0.2, -0.15) is 0 Å². The highest BCUT2D eigenvalue weighted by Crippen LogP contribution is 2.32. The molecule has 1 heterocycles. The van der Waals surface area contributed by atoms with Gasteiger partial charge in [-0.25, -0.2) is 0 Å². The fraction of sp³-hybridized carbons (Fsp3) is 0.0690. The normalized spacial score (nSPS) is 10.9. The summed E-state index contributed by atoms with van der Waals surface area (Å²) in [5, 5.41) is 1.02. The first-order valence-corrected chi connectivity index (χ1v) is 10.7. The van der Waals surface area contributed by atoms with Gasteiger partial charge >= 0.3 is 0 Å². The van der Waals surface area contributed by atoms with Crippen molar-refractivity contribution in [3.8, 4) is 16.9 Å². The number of pyridine rings is 1. The molecule has 0 aliphatic carbocycles. The average Bonchev–Trinajstić information content (AvgIpc) is 2.86. The number of para-hydroxylation sites is 1. The lowest BCUT2D eigenvalue weighted by molar-refractivity contribution is 0.307. The number of hydrogen-bond acceptors (Lipinski definition) is 2. The van der Waals surface area contributed by atoms with E-state index in [4.69, 9.17) is 4.74 Å². The van der Waals surface area contributed by atoms with Crippen LogP contribution in [0.4, 0.5) is 0 Å². The molecular formula is C29H23NO2. The fourth-order valence-corrected chi connectivity index (χ4v) is 3.97. The van der Waals surface area contributed by atoms with Gasteiger partial charge in [-0.05, 0) is 46.3 Å². The summed E-state index contributed by atoms with van der Waals surface area (Å²) in [5.41, 5.74) is 5.25. The van der Waals surface area contributed by atoms with Crippen LogP contribution >= 0.6 is 0 Å². The van der Waals surface area contributed by atoms with E-state index in [1.165, 1.54) is 0 Å². The summed E-state index contributed by atoms with van der Waals surface area (Å²) >= 11 is 0. The van der Waals surface area contributed by atoms with Crippen molar-refractivity contribution in [3.63, 3.8) is 0 Å². The highest BCUT2D eigenvalue weighted by atomic mass is 16.5. The maximum Gasteiger partial charge on any atom is 0.251 e. The molecule has 32 heavy (non-hydrogen) atoms. The van der Waals surface area contributed by atoms with Gasteiger partial charge in [0.25, 0.3) is 5.56 Å². The van der Waals surface area contributed by atoms with Crippen LogP contribution in [0, 0.1) is 0 Å². The number of rotatable bonds is 6. The number of ether oxygens (including phenoxy) is 1. The highest BCUT2D eigenvalue weighted by Gasteiger charge is 2.10. The highest BCUT2D eigenvalue weighted by molar-refractivity contribution is 5.86. The molecule has 0 fully saturated rings. The Balaban J connectivity index is 1.50. The van der Waals surface area contributed by atoms with Crippen LogP contribution in [0.2, 0.25) is 0 Å². The Labute approximate surface area is 187 Å². The van der Waals surface area contributed by atoms with Crippen LogP contribution in [0.1, 0.15) is 11.1 Å². The van der Waals surface area contributed by atoms with Gasteiger partial charge in [0.2, 0.25) is 0 Å². The largest absolute Gasteiger partial charge is 0.488 e. The van der Waals surface area contributed by atoms with E-state index in [1.54, 1.807) is 6.07 Å². The zero-order valence-electron chi connectivity index (χ0n) is 17.6. The first-order valence-electron chi connectivity index (χ1n) is 10.7. The van der Waals surface area contributed by atoms with Gasteiger partial charge in [-0.3, -0.25) is 4.79 Å². The molecule has 0 N–H and O–H groups in total. The van der Waals surface area contributed by atoms with Crippen LogP contribution in [0.5, 0.6) is 5.75 Å². The Morgan fingerprint density at radius 1 is 0.656 bits per heavy atom. The standard InChI is InChI=1S/C29H23NO2/c31-29-18-16-25-19-24(15-17-27(25)30(29)20-22-9-3-1-4-10-22)26-13-7-8-14-28(26)32-21-23-11-5-2-6-12-23/h1-19H,20-21H2. The van der Waals surface area contributed by atoms with Crippen molar-refractivity contribution in [2.24, 2.45) is 0 Å². The van der Waals surface area contributed by atoms with E-state index in [2.05, 4.69) is 30.3 Å². The van der Waals surface area contributed by atoms with Crippen LogP contribution in [-0.4, -0.2) is 4.57 Å². The minimum Gasteiger partial charge on any atom is -0.488 e. The molecular weight excluding hydrogens is 394 g/mol. The molecule has 4 aromatic carbocycles. The third-order valence-corrected chi connectivity index (χ3v) is 5.61. The van der Waals surface area contributed by atoms with Crippen molar-refractivity contribution < 1.29 is 4.74 Å². The SMILES string of the molecule is O=c1ccc2cc(-c3ccccc3OCc3ccccc3)ccc2n1Cc1ccccc1. The average molecular weight is 418 g/mol. The van der Waals surface area contributed by atoms with E-state index in [9.17, 15) is 4.79 Å². The lowest BCUT2D eigenvalue weighted by Crippen LogP contribution is -2.19. The van der Waals surface area contributed by atoms with Crippen molar-refractivity contribution in [3.05, 3.63) is 137 Å². The van der Waals surface area contributed by atoms with E-state index in [0.29, 0.717) is 13.2 Å². The van der Waals surface area contributed by atoms with Crippen LogP contribution in [0.15, 0.2) is 120 Å².